The number of sulfonamides is 1. The quantitative estimate of drug-likeness (QED) is 0.680. The largest absolute Gasteiger partial charge is 0.327 e. The minimum atomic E-state index is -3.53. The Morgan fingerprint density at radius 1 is 1.29 bits per heavy atom. The first-order valence-corrected chi connectivity index (χ1v) is 6.89. The summed E-state index contributed by atoms with van der Waals surface area (Å²) in [6.45, 7) is 3.46. The van der Waals surface area contributed by atoms with Gasteiger partial charge in [0.1, 0.15) is 5.54 Å². The summed E-state index contributed by atoms with van der Waals surface area (Å²) < 4.78 is 21.5. The van der Waals surface area contributed by atoms with Crippen molar-refractivity contribution in [1.29, 1.82) is 0 Å². The molecule has 1 aliphatic heterocycles. The van der Waals surface area contributed by atoms with Crippen molar-refractivity contribution in [3.8, 4) is 0 Å². The number of nitrogens with zero attached hydrogens (tertiary/aromatic N) is 2. The summed E-state index contributed by atoms with van der Waals surface area (Å²) in [4.78, 5) is 25.9. The first-order valence-electron chi connectivity index (χ1n) is 5.17. The lowest BCUT2D eigenvalue weighted by atomic mass is 10.0. The molecule has 17 heavy (non-hydrogen) atoms. The van der Waals surface area contributed by atoms with Gasteiger partial charge >= 0.3 is 6.03 Å². The lowest BCUT2D eigenvalue weighted by Crippen LogP contribution is -2.45. The summed E-state index contributed by atoms with van der Waals surface area (Å²) in [6, 6.07) is -0.408. The fraction of sp³-hybridized carbons (Fsp3) is 0.778. The van der Waals surface area contributed by atoms with E-state index in [9.17, 15) is 18.0 Å². The van der Waals surface area contributed by atoms with Crippen molar-refractivity contribution in [1.82, 2.24) is 9.80 Å². The van der Waals surface area contributed by atoms with Crippen LogP contribution in [0.4, 0.5) is 4.79 Å². The second-order valence-electron chi connectivity index (χ2n) is 4.58. The fourth-order valence-electron chi connectivity index (χ4n) is 1.83. The molecule has 0 aromatic heterocycles. The average molecular weight is 263 g/mol. The molecule has 0 saturated carbocycles. The second-order valence-corrected chi connectivity index (χ2v) is 6.31. The van der Waals surface area contributed by atoms with Crippen LogP contribution in [0.25, 0.3) is 0 Å². The van der Waals surface area contributed by atoms with E-state index in [4.69, 9.17) is 5.14 Å². The van der Waals surface area contributed by atoms with E-state index < -0.39 is 21.6 Å². The maximum atomic E-state index is 11.7. The molecule has 1 saturated heterocycles. The molecule has 0 unspecified atom stereocenters. The van der Waals surface area contributed by atoms with E-state index in [-0.39, 0.29) is 24.6 Å². The van der Waals surface area contributed by atoms with Gasteiger partial charge in [-0.05, 0) is 20.3 Å². The van der Waals surface area contributed by atoms with E-state index in [2.05, 4.69) is 0 Å². The number of urea groups is 1. The van der Waals surface area contributed by atoms with Gasteiger partial charge < -0.3 is 4.90 Å². The highest BCUT2D eigenvalue weighted by Gasteiger charge is 2.49. The Labute approximate surface area is 101 Å². The number of imide groups is 1. The number of nitrogens with two attached hydrogens (primary N) is 1. The Bertz CT molecular complexity index is 443. The fourth-order valence-corrected chi connectivity index (χ4v) is 2.36. The van der Waals surface area contributed by atoms with Gasteiger partial charge in [-0.3, -0.25) is 9.69 Å². The number of hydrogen-bond acceptors (Lipinski definition) is 4. The van der Waals surface area contributed by atoms with E-state index in [0.29, 0.717) is 0 Å². The molecule has 0 aromatic carbocycles. The molecule has 0 bridgehead atoms. The van der Waals surface area contributed by atoms with Crippen LogP contribution in [-0.2, 0) is 14.8 Å². The van der Waals surface area contributed by atoms with Crippen molar-refractivity contribution in [2.75, 3.05) is 19.3 Å². The standard InChI is InChI=1S/C9H17N3O4S/c1-9(2)7(13)11(3)8(14)12(9)5-4-6-17(10,15)16/h4-6H2,1-3H3,(H2,10,15,16). The van der Waals surface area contributed by atoms with Crippen molar-refractivity contribution in [3.63, 3.8) is 0 Å². The number of rotatable bonds is 4. The van der Waals surface area contributed by atoms with Crippen LogP contribution in [0, 0.1) is 0 Å². The molecule has 0 atom stereocenters. The molecule has 3 amide bonds. The van der Waals surface area contributed by atoms with E-state index >= 15 is 0 Å². The number of likely N-dealkylation sites (N-methyl/N-ethyl adjacent to an activating group) is 1. The third-order valence-electron chi connectivity index (χ3n) is 2.83. The molecule has 0 spiro atoms. The van der Waals surface area contributed by atoms with E-state index in [1.807, 2.05) is 0 Å². The van der Waals surface area contributed by atoms with E-state index in [0.717, 1.165) is 4.90 Å². The highest BCUT2D eigenvalue weighted by molar-refractivity contribution is 7.89. The summed E-state index contributed by atoms with van der Waals surface area (Å²) in [7, 11) is -2.13. The monoisotopic (exact) mass is 263 g/mol. The molecule has 98 valence electrons. The van der Waals surface area contributed by atoms with Gasteiger partial charge in [-0.1, -0.05) is 0 Å². The number of primary sulfonamides is 1. The molecular formula is C9H17N3O4S. The summed E-state index contributed by atoms with van der Waals surface area (Å²) >= 11 is 0. The normalized spacial score (nSPS) is 20.2. The minimum Gasteiger partial charge on any atom is -0.310 e. The van der Waals surface area contributed by atoms with Crippen molar-refractivity contribution < 1.29 is 18.0 Å². The van der Waals surface area contributed by atoms with Crippen LogP contribution >= 0.6 is 0 Å². The van der Waals surface area contributed by atoms with Crippen LogP contribution in [0.15, 0.2) is 0 Å². The van der Waals surface area contributed by atoms with Crippen LogP contribution in [0.5, 0.6) is 0 Å². The van der Waals surface area contributed by atoms with Crippen LogP contribution in [-0.4, -0.2) is 55.0 Å². The second kappa shape index (κ2) is 4.26. The lowest BCUT2D eigenvalue weighted by Gasteiger charge is -2.27. The third-order valence-corrected chi connectivity index (χ3v) is 3.69. The van der Waals surface area contributed by atoms with Crippen LogP contribution in [0.3, 0.4) is 0 Å². The molecule has 7 nitrogen and oxygen atoms in total. The molecule has 1 heterocycles. The van der Waals surface area contributed by atoms with Crippen molar-refractivity contribution in [3.05, 3.63) is 0 Å². The molecule has 0 radical (unpaired) electrons. The number of hydrogen-bond donors (Lipinski definition) is 1. The van der Waals surface area contributed by atoms with E-state index in [1.54, 1.807) is 13.8 Å². The van der Waals surface area contributed by atoms with Gasteiger partial charge in [0.15, 0.2) is 0 Å². The van der Waals surface area contributed by atoms with Crippen LogP contribution < -0.4 is 5.14 Å². The predicted molar refractivity (Wildman–Crippen MR) is 61.5 cm³/mol. The van der Waals surface area contributed by atoms with Crippen LogP contribution in [0.2, 0.25) is 0 Å². The Balaban J connectivity index is 2.71. The molecule has 8 heteroatoms. The number of carbonyl (C=O) groups is 2. The highest BCUT2D eigenvalue weighted by atomic mass is 32.2. The molecule has 1 rings (SSSR count). The first-order chi connectivity index (χ1) is 7.57. The Morgan fingerprint density at radius 3 is 2.18 bits per heavy atom. The summed E-state index contributed by atoms with van der Waals surface area (Å²) in [5.74, 6) is -0.497. The Morgan fingerprint density at radius 2 is 1.82 bits per heavy atom. The summed E-state index contributed by atoms with van der Waals surface area (Å²) in [5.41, 5.74) is -0.926. The zero-order valence-corrected chi connectivity index (χ0v) is 11.0. The summed E-state index contributed by atoms with van der Waals surface area (Å²) in [5, 5.41) is 4.87. The van der Waals surface area contributed by atoms with Gasteiger partial charge in [0.05, 0.1) is 5.75 Å². The summed E-state index contributed by atoms with van der Waals surface area (Å²) in [6.07, 6.45) is 0.217. The average Bonchev–Trinajstić information content (AvgIpc) is 2.30. The van der Waals surface area contributed by atoms with Crippen molar-refractivity contribution in [2.24, 2.45) is 5.14 Å². The van der Waals surface area contributed by atoms with Crippen molar-refractivity contribution in [2.45, 2.75) is 25.8 Å². The highest BCUT2D eigenvalue weighted by Crippen LogP contribution is 2.26. The molecule has 2 N–H and O–H groups in total. The minimum absolute atomic E-state index is 0.193. The predicted octanol–water partition coefficient (Wildman–Crippen LogP) is -0.662. The van der Waals surface area contributed by atoms with Gasteiger partial charge in [0, 0.05) is 13.6 Å². The zero-order valence-electron chi connectivity index (χ0n) is 10.1. The van der Waals surface area contributed by atoms with Crippen LogP contribution in [0.1, 0.15) is 20.3 Å². The molecule has 1 aliphatic rings. The topological polar surface area (TPSA) is 101 Å². The van der Waals surface area contributed by atoms with Crippen molar-refractivity contribution >= 4 is 22.0 Å². The molecule has 1 fully saturated rings. The molecular weight excluding hydrogens is 246 g/mol. The smallest absolute Gasteiger partial charge is 0.310 e. The van der Waals surface area contributed by atoms with Gasteiger partial charge in [-0.2, -0.15) is 0 Å². The number of carbonyl (C=O) groups excluding carboxylic acids is 2. The SMILES string of the molecule is CN1C(=O)N(CCCS(N)(=O)=O)C(C)(C)C1=O. The van der Waals surface area contributed by atoms with E-state index in [1.165, 1.54) is 11.9 Å². The van der Waals surface area contributed by atoms with Gasteiger partial charge in [0.25, 0.3) is 5.91 Å². The lowest BCUT2D eigenvalue weighted by molar-refractivity contribution is -0.131. The first kappa shape index (κ1) is 13.9. The molecule has 0 aliphatic carbocycles. The van der Waals surface area contributed by atoms with Gasteiger partial charge in [0.2, 0.25) is 10.0 Å². The Kier molecular flexibility index (Phi) is 3.49. The molecule has 0 aromatic rings. The van der Waals surface area contributed by atoms with Gasteiger partial charge in [-0.25, -0.2) is 18.4 Å². The third kappa shape index (κ3) is 2.75. The number of amides is 3. The maximum absolute atomic E-state index is 11.7. The zero-order chi connectivity index (χ0) is 13.4. The van der Waals surface area contributed by atoms with Gasteiger partial charge in [-0.15, -0.1) is 0 Å². The Hall–Kier alpha value is -1.15. The maximum Gasteiger partial charge on any atom is 0.327 e.